The Morgan fingerprint density at radius 2 is 1.97 bits per heavy atom. The quantitative estimate of drug-likeness (QED) is 0.112. The lowest BCUT2D eigenvalue weighted by Crippen LogP contribution is -2.19. The number of allylic oxidation sites excluding steroid dienone is 3. The monoisotopic (exact) mass is 480 g/mol. The minimum atomic E-state index is -4.57. The number of ether oxygens (including phenoxy) is 1. The molecule has 1 aromatic rings. The Kier molecular flexibility index (Phi) is 10.4. The third kappa shape index (κ3) is 8.74. The van der Waals surface area contributed by atoms with Gasteiger partial charge in [0, 0.05) is 17.9 Å². The topological polar surface area (TPSA) is 113 Å². The van der Waals surface area contributed by atoms with Crippen molar-refractivity contribution in [2.45, 2.75) is 78.1 Å². The van der Waals surface area contributed by atoms with Gasteiger partial charge in [0.2, 0.25) is 0 Å². The summed E-state index contributed by atoms with van der Waals surface area (Å²) in [6.07, 6.45) is 7.92. The number of carbonyl (C=O) groups excluding carboxylic acids is 1. The normalized spacial score (nSPS) is 18.6. The highest BCUT2D eigenvalue weighted by atomic mass is 31.2. The van der Waals surface area contributed by atoms with Crippen LogP contribution in [0.15, 0.2) is 35.9 Å². The molecule has 0 aliphatic heterocycles. The molecule has 0 heterocycles. The molecule has 0 spiro atoms. The van der Waals surface area contributed by atoms with E-state index in [1.54, 1.807) is 6.07 Å². The largest absolute Gasteiger partial charge is 0.507 e. The molecule has 1 aliphatic carbocycles. The molecule has 1 aromatic carbocycles. The summed E-state index contributed by atoms with van der Waals surface area (Å²) in [6, 6.07) is 3.60. The second kappa shape index (κ2) is 12.5. The zero-order chi connectivity index (χ0) is 24.6. The molecule has 0 fully saturated rings. The van der Waals surface area contributed by atoms with Crippen LogP contribution in [-0.2, 0) is 20.3 Å². The van der Waals surface area contributed by atoms with Gasteiger partial charge in [-0.1, -0.05) is 43.6 Å². The van der Waals surface area contributed by atoms with Crippen molar-refractivity contribution in [1.82, 2.24) is 0 Å². The third-order valence-electron chi connectivity index (χ3n) is 5.97. The maximum atomic E-state index is 12.5. The molecule has 33 heavy (non-hydrogen) atoms. The van der Waals surface area contributed by atoms with E-state index < -0.39 is 13.8 Å². The van der Waals surface area contributed by atoms with Crippen LogP contribution in [-0.4, -0.2) is 27.5 Å². The van der Waals surface area contributed by atoms with Crippen molar-refractivity contribution in [1.29, 1.82) is 0 Å². The zero-order valence-corrected chi connectivity index (χ0v) is 20.8. The van der Waals surface area contributed by atoms with Gasteiger partial charge in [-0.3, -0.25) is 9.32 Å². The number of phosphoric acid groups is 1. The number of benzene rings is 1. The molecule has 1 aliphatic rings. The van der Waals surface area contributed by atoms with Gasteiger partial charge in [-0.05, 0) is 69.6 Å². The molecule has 2 atom stereocenters. The molecule has 8 heteroatoms. The summed E-state index contributed by atoms with van der Waals surface area (Å²) in [4.78, 5) is 30.1. The van der Waals surface area contributed by atoms with E-state index in [-0.39, 0.29) is 37.0 Å². The fourth-order valence-electron chi connectivity index (χ4n) is 4.29. The lowest BCUT2D eigenvalue weighted by Gasteiger charge is -2.32. The van der Waals surface area contributed by atoms with Crippen LogP contribution < -0.4 is 4.74 Å². The number of aromatic hydroxyl groups is 1. The standard InChI is InChI=1S/C25H37O7P/c1-5-6-7-9-19-15-22(26)25(21-14-18(4)11-12-20(21)17(2)3)23(16-19)32-24(27)10-8-13-31-33(28,29)30/h14-16,20-21,26H,2,5-13H2,1,3-4H3,(H2,28,29,30)/t20-,21+/m0/s1. The molecule has 0 aromatic heterocycles. The summed E-state index contributed by atoms with van der Waals surface area (Å²) in [5, 5.41) is 11.0. The molecule has 184 valence electrons. The minimum Gasteiger partial charge on any atom is -0.507 e. The highest BCUT2D eigenvalue weighted by Crippen LogP contribution is 2.47. The van der Waals surface area contributed by atoms with Gasteiger partial charge < -0.3 is 19.6 Å². The van der Waals surface area contributed by atoms with E-state index in [2.05, 4.69) is 31.0 Å². The Bertz CT molecular complexity index is 916. The smallest absolute Gasteiger partial charge is 0.469 e. The summed E-state index contributed by atoms with van der Waals surface area (Å²) in [5.74, 6) is -0.121. The molecule has 3 N–H and O–H groups in total. The molecular weight excluding hydrogens is 443 g/mol. The lowest BCUT2D eigenvalue weighted by molar-refractivity contribution is -0.134. The van der Waals surface area contributed by atoms with E-state index in [0.717, 1.165) is 49.7 Å². The van der Waals surface area contributed by atoms with Gasteiger partial charge in [0.25, 0.3) is 0 Å². The number of rotatable bonds is 12. The van der Waals surface area contributed by atoms with E-state index in [1.165, 1.54) is 5.57 Å². The summed E-state index contributed by atoms with van der Waals surface area (Å²) < 4.78 is 20.9. The average Bonchev–Trinajstić information content (AvgIpc) is 2.70. The number of phosphoric ester groups is 1. The van der Waals surface area contributed by atoms with Crippen molar-refractivity contribution < 1.29 is 33.5 Å². The Balaban J connectivity index is 2.32. The van der Waals surface area contributed by atoms with E-state index in [4.69, 9.17) is 14.5 Å². The fourth-order valence-corrected chi connectivity index (χ4v) is 4.66. The van der Waals surface area contributed by atoms with Gasteiger partial charge in [0.15, 0.2) is 0 Å². The van der Waals surface area contributed by atoms with Gasteiger partial charge >= 0.3 is 13.8 Å². The van der Waals surface area contributed by atoms with E-state index in [9.17, 15) is 14.5 Å². The number of esters is 1. The van der Waals surface area contributed by atoms with Crippen molar-refractivity contribution in [3.05, 3.63) is 47.1 Å². The van der Waals surface area contributed by atoms with Crippen LogP contribution in [0.1, 0.15) is 82.8 Å². The lowest BCUT2D eigenvalue weighted by atomic mass is 9.73. The molecule has 2 rings (SSSR count). The van der Waals surface area contributed by atoms with Gasteiger partial charge in [-0.2, -0.15) is 0 Å². The number of phenols is 1. The number of carbonyl (C=O) groups is 1. The summed E-state index contributed by atoms with van der Waals surface area (Å²) in [7, 11) is -4.57. The van der Waals surface area contributed by atoms with Crippen molar-refractivity contribution in [2.24, 2.45) is 5.92 Å². The van der Waals surface area contributed by atoms with Crippen LogP contribution in [0.5, 0.6) is 11.5 Å². The maximum absolute atomic E-state index is 12.5. The molecular formula is C25H37O7P. The predicted molar refractivity (Wildman–Crippen MR) is 128 cm³/mol. The predicted octanol–water partition coefficient (Wildman–Crippen LogP) is 5.94. The summed E-state index contributed by atoms with van der Waals surface area (Å²) in [5.41, 5.74) is 3.72. The molecule has 0 saturated heterocycles. The number of aryl methyl sites for hydroxylation is 1. The van der Waals surface area contributed by atoms with E-state index in [1.807, 2.05) is 13.0 Å². The highest BCUT2D eigenvalue weighted by molar-refractivity contribution is 7.46. The first-order valence-corrected chi connectivity index (χ1v) is 13.1. The molecule has 0 bridgehead atoms. The first-order chi connectivity index (χ1) is 15.5. The van der Waals surface area contributed by atoms with E-state index in [0.29, 0.717) is 11.3 Å². The Morgan fingerprint density at radius 1 is 1.24 bits per heavy atom. The Hall–Kier alpha value is -1.92. The van der Waals surface area contributed by atoms with Crippen molar-refractivity contribution >= 4 is 13.8 Å². The van der Waals surface area contributed by atoms with Crippen LogP contribution in [0.25, 0.3) is 0 Å². The maximum Gasteiger partial charge on any atom is 0.469 e. The van der Waals surface area contributed by atoms with Crippen LogP contribution >= 0.6 is 7.82 Å². The second-order valence-corrected chi connectivity index (χ2v) is 10.2. The molecule has 0 unspecified atom stereocenters. The third-order valence-corrected chi connectivity index (χ3v) is 6.49. The second-order valence-electron chi connectivity index (χ2n) is 8.92. The molecule has 0 amide bonds. The summed E-state index contributed by atoms with van der Waals surface area (Å²) in [6.45, 7) is 10.1. The number of phenolic OH excluding ortho intramolecular Hbond substituents is 1. The van der Waals surface area contributed by atoms with Gasteiger partial charge in [-0.15, -0.1) is 0 Å². The fraction of sp³-hybridized carbons (Fsp3) is 0.560. The molecule has 7 nitrogen and oxygen atoms in total. The average molecular weight is 481 g/mol. The SMILES string of the molecule is C=C(C)[C@@H]1CCC(C)=C[C@H]1c1c(O)cc(CCCCC)cc1OC(=O)CCCOP(=O)(O)O. The Labute approximate surface area is 196 Å². The van der Waals surface area contributed by atoms with Crippen molar-refractivity contribution in [2.75, 3.05) is 6.61 Å². The van der Waals surface area contributed by atoms with Gasteiger partial charge in [-0.25, -0.2) is 4.57 Å². The van der Waals surface area contributed by atoms with Crippen LogP contribution in [0.3, 0.4) is 0 Å². The number of unbranched alkanes of at least 4 members (excludes halogenated alkanes) is 2. The van der Waals surface area contributed by atoms with Crippen LogP contribution in [0, 0.1) is 5.92 Å². The van der Waals surface area contributed by atoms with Gasteiger partial charge in [0.1, 0.15) is 11.5 Å². The van der Waals surface area contributed by atoms with Crippen molar-refractivity contribution in [3.8, 4) is 11.5 Å². The van der Waals surface area contributed by atoms with Gasteiger partial charge in [0.05, 0.1) is 6.61 Å². The van der Waals surface area contributed by atoms with Crippen LogP contribution in [0.2, 0.25) is 0 Å². The van der Waals surface area contributed by atoms with E-state index >= 15 is 0 Å². The first-order valence-electron chi connectivity index (χ1n) is 11.6. The zero-order valence-electron chi connectivity index (χ0n) is 19.9. The minimum absolute atomic E-state index is 0.0658. The van der Waals surface area contributed by atoms with Crippen LogP contribution in [0.4, 0.5) is 0 Å². The number of hydrogen-bond acceptors (Lipinski definition) is 5. The molecule has 0 saturated carbocycles. The molecule has 0 radical (unpaired) electrons. The van der Waals surface area contributed by atoms with Crippen molar-refractivity contribution in [3.63, 3.8) is 0 Å². The Morgan fingerprint density at radius 3 is 2.61 bits per heavy atom. The number of hydrogen-bond donors (Lipinski definition) is 3. The summed E-state index contributed by atoms with van der Waals surface area (Å²) >= 11 is 0. The highest BCUT2D eigenvalue weighted by Gasteiger charge is 2.31. The first kappa shape index (κ1) is 27.3.